The van der Waals surface area contributed by atoms with Crippen LogP contribution in [0.5, 0.6) is 0 Å². The average Bonchev–Trinajstić information content (AvgIpc) is 2.31. The predicted octanol–water partition coefficient (Wildman–Crippen LogP) is 1.19. The van der Waals surface area contributed by atoms with Crippen LogP contribution >= 0.6 is 0 Å². The van der Waals surface area contributed by atoms with Crippen LogP contribution in [0.25, 0.3) is 0 Å². The number of rotatable bonds is 5. The van der Waals surface area contributed by atoms with Crippen molar-refractivity contribution in [2.24, 2.45) is 0 Å². The molecule has 0 saturated carbocycles. The molecule has 0 aromatic carbocycles. The molecule has 108 valence electrons. The topological polar surface area (TPSA) is 71.1 Å². The maximum Gasteiger partial charge on any atom is 0.333 e. The molecule has 0 aliphatic carbocycles. The van der Waals surface area contributed by atoms with E-state index < -0.39 is 23.8 Å². The van der Waals surface area contributed by atoms with Crippen molar-refractivity contribution in [2.45, 2.75) is 39.1 Å². The summed E-state index contributed by atoms with van der Waals surface area (Å²) >= 11 is 0. The lowest BCUT2D eigenvalue weighted by Crippen LogP contribution is -2.43. The molecule has 0 radical (unpaired) electrons. The van der Waals surface area contributed by atoms with Crippen LogP contribution in [0.2, 0.25) is 0 Å². The van der Waals surface area contributed by atoms with Crippen molar-refractivity contribution >= 4 is 11.9 Å². The van der Waals surface area contributed by atoms with Gasteiger partial charge in [-0.2, -0.15) is 0 Å². The fraction of sp³-hybridized carbons (Fsp3) is 0.692. The van der Waals surface area contributed by atoms with Crippen LogP contribution in [0.1, 0.15) is 27.2 Å². The van der Waals surface area contributed by atoms with Crippen molar-refractivity contribution in [2.75, 3.05) is 19.8 Å². The Bertz CT molecular complexity index is 350. The summed E-state index contributed by atoms with van der Waals surface area (Å²) < 4.78 is 20.6. The first-order valence-electron chi connectivity index (χ1n) is 6.10. The van der Waals surface area contributed by atoms with Gasteiger partial charge in [-0.3, -0.25) is 4.79 Å². The molecule has 0 atom stereocenters. The highest BCUT2D eigenvalue weighted by molar-refractivity contribution is 5.87. The second-order valence-corrected chi connectivity index (χ2v) is 4.80. The van der Waals surface area contributed by atoms with Crippen molar-refractivity contribution < 1.29 is 28.5 Å². The molecule has 1 aliphatic heterocycles. The van der Waals surface area contributed by atoms with E-state index in [-0.39, 0.29) is 13.0 Å². The molecule has 0 aromatic heterocycles. The lowest BCUT2D eigenvalue weighted by atomic mass is 10.3. The minimum absolute atomic E-state index is 0.00108. The Hall–Kier alpha value is -1.40. The normalized spacial score (nSPS) is 18.7. The molecule has 0 spiro atoms. The minimum atomic E-state index is -0.639. The molecule has 0 N–H and O–H groups in total. The van der Waals surface area contributed by atoms with E-state index in [0.29, 0.717) is 18.8 Å². The van der Waals surface area contributed by atoms with Gasteiger partial charge in [0.05, 0.1) is 19.6 Å². The minimum Gasteiger partial charge on any atom is -0.462 e. The smallest absolute Gasteiger partial charge is 0.333 e. The summed E-state index contributed by atoms with van der Waals surface area (Å²) in [6, 6.07) is 0. The number of carbonyl (C=O) groups is 2. The Morgan fingerprint density at radius 3 is 2.42 bits per heavy atom. The zero-order valence-electron chi connectivity index (χ0n) is 11.6. The maximum absolute atomic E-state index is 11.5. The first kappa shape index (κ1) is 15.7. The average molecular weight is 272 g/mol. The number of hydrogen-bond acceptors (Lipinski definition) is 6. The molecule has 1 rings (SSSR count). The zero-order chi connectivity index (χ0) is 14.5. The Kier molecular flexibility index (Phi) is 5.50. The van der Waals surface area contributed by atoms with Crippen molar-refractivity contribution in [1.29, 1.82) is 0 Å². The van der Waals surface area contributed by atoms with Gasteiger partial charge in [-0.25, -0.2) is 4.79 Å². The van der Waals surface area contributed by atoms with Crippen molar-refractivity contribution in [1.82, 2.24) is 0 Å². The summed E-state index contributed by atoms with van der Waals surface area (Å²) in [5.41, 5.74) is 0.296. The van der Waals surface area contributed by atoms with Crippen LogP contribution in [0.3, 0.4) is 0 Å². The lowest BCUT2D eigenvalue weighted by molar-refractivity contribution is -0.276. The Balaban J connectivity index is 2.18. The largest absolute Gasteiger partial charge is 0.462 e. The molecule has 1 saturated heterocycles. The van der Waals surface area contributed by atoms with Crippen molar-refractivity contribution in [3.8, 4) is 0 Å². The summed E-state index contributed by atoms with van der Waals surface area (Å²) in [6.45, 7) is 9.13. The van der Waals surface area contributed by atoms with Gasteiger partial charge >= 0.3 is 11.9 Å². The molecule has 1 fully saturated rings. The second-order valence-electron chi connectivity index (χ2n) is 4.80. The molecule has 0 amide bonds. The number of esters is 2. The van der Waals surface area contributed by atoms with Gasteiger partial charge in [0.25, 0.3) is 0 Å². The molecule has 1 aliphatic rings. The van der Waals surface area contributed by atoms with Crippen LogP contribution in [-0.4, -0.2) is 43.7 Å². The van der Waals surface area contributed by atoms with E-state index in [2.05, 4.69) is 6.58 Å². The van der Waals surface area contributed by atoms with Gasteiger partial charge in [-0.15, -0.1) is 0 Å². The van der Waals surface area contributed by atoms with Gasteiger partial charge in [0.1, 0.15) is 12.7 Å². The quantitative estimate of drug-likeness (QED) is 0.553. The van der Waals surface area contributed by atoms with Gasteiger partial charge in [0.2, 0.25) is 0 Å². The van der Waals surface area contributed by atoms with E-state index in [1.54, 1.807) is 20.8 Å². The second kappa shape index (κ2) is 6.68. The molecule has 0 aromatic rings. The molecule has 6 nitrogen and oxygen atoms in total. The van der Waals surface area contributed by atoms with Crippen LogP contribution in [0.4, 0.5) is 0 Å². The van der Waals surface area contributed by atoms with Gasteiger partial charge in [-0.1, -0.05) is 6.58 Å². The van der Waals surface area contributed by atoms with Crippen molar-refractivity contribution in [3.63, 3.8) is 0 Å². The van der Waals surface area contributed by atoms with Crippen LogP contribution < -0.4 is 0 Å². The molecule has 19 heavy (non-hydrogen) atoms. The highest BCUT2D eigenvalue weighted by Crippen LogP contribution is 2.18. The number of hydrogen-bond donors (Lipinski definition) is 0. The first-order valence-corrected chi connectivity index (χ1v) is 6.10. The summed E-state index contributed by atoms with van der Waals surface area (Å²) in [4.78, 5) is 22.5. The van der Waals surface area contributed by atoms with Gasteiger partial charge < -0.3 is 18.9 Å². The van der Waals surface area contributed by atoms with Crippen LogP contribution in [0.15, 0.2) is 12.2 Å². The van der Waals surface area contributed by atoms with E-state index in [1.165, 1.54) is 0 Å². The Labute approximate surface area is 112 Å². The molecular weight excluding hydrogens is 252 g/mol. The van der Waals surface area contributed by atoms with Crippen LogP contribution in [0, 0.1) is 0 Å². The van der Waals surface area contributed by atoms with Gasteiger partial charge in [0.15, 0.2) is 5.79 Å². The van der Waals surface area contributed by atoms with Gasteiger partial charge in [-0.05, 0) is 20.8 Å². The summed E-state index contributed by atoms with van der Waals surface area (Å²) in [5, 5.41) is 0. The summed E-state index contributed by atoms with van der Waals surface area (Å²) in [5.74, 6) is -1.61. The molecule has 1 heterocycles. The molecule has 0 bridgehead atoms. The Morgan fingerprint density at radius 1 is 1.32 bits per heavy atom. The highest BCUT2D eigenvalue weighted by atomic mass is 16.7. The van der Waals surface area contributed by atoms with E-state index in [9.17, 15) is 9.59 Å². The molecule has 0 unspecified atom stereocenters. The number of ether oxygens (including phenoxy) is 4. The SMILES string of the molecule is C=C(C)C(=O)OCCC(=O)OC1COC(C)(C)OC1. The van der Waals surface area contributed by atoms with Crippen molar-refractivity contribution in [3.05, 3.63) is 12.2 Å². The fourth-order valence-corrected chi connectivity index (χ4v) is 1.34. The molecular formula is C13H20O6. The molecule has 6 heteroatoms. The van der Waals surface area contributed by atoms with Gasteiger partial charge in [0, 0.05) is 5.57 Å². The van der Waals surface area contributed by atoms with E-state index >= 15 is 0 Å². The third-order valence-electron chi connectivity index (χ3n) is 2.42. The first-order chi connectivity index (χ1) is 8.80. The monoisotopic (exact) mass is 272 g/mol. The maximum atomic E-state index is 11.5. The third kappa shape index (κ3) is 5.85. The standard InChI is InChI=1S/C13H20O6/c1-9(2)12(15)16-6-5-11(14)19-10-7-17-13(3,4)18-8-10/h10H,1,5-8H2,2-4H3. The fourth-order valence-electron chi connectivity index (χ4n) is 1.34. The highest BCUT2D eigenvalue weighted by Gasteiger charge is 2.30. The summed E-state index contributed by atoms with van der Waals surface area (Å²) in [6.07, 6.45) is -0.420. The number of carbonyl (C=O) groups excluding carboxylic acids is 2. The van der Waals surface area contributed by atoms with E-state index in [1.807, 2.05) is 0 Å². The predicted molar refractivity (Wildman–Crippen MR) is 66.3 cm³/mol. The van der Waals surface area contributed by atoms with E-state index in [0.717, 1.165) is 0 Å². The summed E-state index contributed by atoms with van der Waals surface area (Å²) in [7, 11) is 0. The lowest BCUT2D eigenvalue weighted by Gasteiger charge is -2.34. The third-order valence-corrected chi connectivity index (χ3v) is 2.42. The Morgan fingerprint density at radius 2 is 1.89 bits per heavy atom. The zero-order valence-corrected chi connectivity index (χ0v) is 11.6. The van der Waals surface area contributed by atoms with E-state index in [4.69, 9.17) is 18.9 Å². The van der Waals surface area contributed by atoms with Crippen LogP contribution in [-0.2, 0) is 28.5 Å².